The van der Waals surface area contributed by atoms with Crippen LogP contribution in [0.15, 0.2) is 48.5 Å². The molecule has 1 N–H and O–H groups in total. The Kier molecular flexibility index (Phi) is 4.81. The van der Waals surface area contributed by atoms with Gasteiger partial charge in [-0.3, -0.25) is 10.1 Å². The van der Waals surface area contributed by atoms with Crippen LogP contribution >= 0.6 is 0 Å². The smallest absolute Gasteiger partial charge is 0.239 e. The molecular formula is C19H21FN2O2. The summed E-state index contributed by atoms with van der Waals surface area (Å²) in [5.41, 5.74) is 1.92. The zero-order valence-corrected chi connectivity index (χ0v) is 13.8. The Morgan fingerprint density at radius 1 is 1.12 bits per heavy atom. The molecular weight excluding hydrogens is 307 g/mol. The predicted molar refractivity (Wildman–Crippen MR) is 90.4 cm³/mol. The maximum atomic E-state index is 13.3. The molecule has 1 amide bonds. The molecule has 1 fully saturated rings. The summed E-state index contributed by atoms with van der Waals surface area (Å²) in [5, 5.41) is 3.43. The average Bonchev–Trinajstić information content (AvgIpc) is 2.93. The van der Waals surface area contributed by atoms with Gasteiger partial charge in [-0.05, 0) is 41.8 Å². The largest absolute Gasteiger partial charge is 0.497 e. The van der Waals surface area contributed by atoms with Crippen molar-refractivity contribution < 1.29 is 13.9 Å². The van der Waals surface area contributed by atoms with Gasteiger partial charge in [0.15, 0.2) is 0 Å². The molecule has 1 heterocycles. The number of nitrogens with zero attached hydrogens (tertiary/aromatic N) is 1. The van der Waals surface area contributed by atoms with Gasteiger partial charge in [-0.2, -0.15) is 0 Å². The molecule has 5 heteroatoms. The minimum Gasteiger partial charge on any atom is -0.497 e. The number of hydrogen-bond acceptors (Lipinski definition) is 3. The van der Waals surface area contributed by atoms with Crippen LogP contribution in [-0.4, -0.2) is 37.6 Å². The molecule has 2 unspecified atom stereocenters. The Balaban J connectivity index is 1.90. The van der Waals surface area contributed by atoms with Gasteiger partial charge in [-0.15, -0.1) is 0 Å². The standard InChI is InChI=1S/C19H21FN2O2/c1-22-12-11-17(19(22)23)21-18(13-3-7-15(20)8-4-13)14-5-9-16(24-2)10-6-14/h3-10,17-18,21H,11-12H2,1-2H3. The normalized spacial score (nSPS) is 18.7. The molecule has 0 spiro atoms. The molecule has 1 aliphatic heterocycles. The zero-order chi connectivity index (χ0) is 17.1. The van der Waals surface area contributed by atoms with Crippen molar-refractivity contribution in [1.82, 2.24) is 10.2 Å². The van der Waals surface area contributed by atoms with Crippen LogP contribution in [0.4, 0.5) is 4.39 Å². The van der Waals surface area contributed by atoms with Gasteiger partial charge in [0.05, 0.1) is 19.2 Å². The van der Waals surface area contributed by atoms with E-state index in [2.05, 4.69) is 5.32 Å². The van der Waals surface area contributed by atoms with Crippen LogP contribution < -0.4 is 10.1 Å². The highest BCUT2D eigenvalue weighted by Gasteiger charge is 2.31. The molecule has 2 atom stereocenters. The first-order valence-corrected chi connectivity index (χ1v) is 7.99. The summed E-state index contributed by atoms with van der Waals surface area (Å²) < 4.78 is 18.5. The first kappa shape index (κ1) is 16.5. The predicted octanol–water partition coefficient (Wildman–Crippen LogP) is 2.74. The summed E-state index contributed by atoms with van der Waals surface area (Å²) >= 11 is 0. The van der Waals surface area contributed by atoms with Crippen molar-refractivity contribution >= 4 is 5.91 Å². The van der Waals surface area contributed by atoms with E-state index in [1.165, 1.54) is 12.1 Å². The number of rotatable bonds is 5. The highest BCUT2D eigenvalue weighted by Crippen LogP contribution is 2.26. The zero-order valence-electron chi connectivity index (χ0n) is 13.8. The van der Waals surface area contributed by atoms with E-state index < -0.39 is 0 Å². The number of hydrogen-bond donors (Lipinski definition) is 1. The summed E-state index contributed by atoms with van der Waals surface area (Å²) in [4.78, 5) is 14.0. The van der Waals surface area contributed by atoms with E-state index in [-0.39, 0.29) is 23.8 Å². The van der Waals surface area contributed by atoms with Crippen LogP contribution in [0, 0.1) is 5.82 Å². The van der Waals surface area contributed by atoms with Crippen LogP contribution in [0.3, 0.4) is 0 Å². The van der Waals surface area contributed by atoms with Gasteiger partial charge >= 0.3 is 0 Å². The molecule has 24 heavy (non-hydrogen) atoms. The lowest BCUT2D eigenvalue weighted by Crippen LogP contribution is -2.39. The lowest BCUT2D eigenvalue weighted by Gasteiger charge is -2.23. The number of ether oxygens (including phenoxy) is 1. The van der Waals surface area contributed by atoms with Crippen LogP contribution in [0.5, 0.6) is 5.75 Å². The van der Waals surface area contributed by atoms with Crippen LogP contribution in [-0.2, 0) is 4.79 Å². The van der Waals surface area contributed by atoms with Gasteiger partial charge in [0.25, 0.3) is 0 Å². The van der Waals surface area contributed by atoms with Crippen LogP contribution in [0.25, 0.3) is 0 Å². The number of amides is 1. The quantitative estimate of drug-likeness (QED) is 0.918. The first-order chi connectivity index (χ1) is 11.6. The summed E-state index contributed by atoms with van der Waals surface area (Å²) in [6.45, 7) is 0.745. The molecule has 1 saturated heterocycles. The fourth-order valence-corrected chi connectivity index (χ4v) is 3.01. The van der Waals surface area contributed by atoms with Crippen molar-refractivity contribution in [3.63, 3.8) is 0 Å². The number of likely N-dealkylation sites (N-methyl/N-ethyl adjacent to an activating group) is 1. The molecule has 0 aliphatic carbocycles. The molecule has 2 aromatic rings. The average molecular weight is 328 g/mol. The molecule has 0 saturated carbocycles. The monoisotopic (exact) mass is 328 g/mol. The van der Waals surface area contributed by atoms with E-state index in [0.29, 0.717) is 0 Å². The van der Waals surface area contributed by atoms with Gasteiger partial charge in [0, 0.05) is 13.6 Å². The minimum atomic E-state index is -0.274. The van der Waals surface area contributed by atoms with Gasteiger partial charge in [-0.1, -0.05) is 24.3 Å². The summed E-state index contributed by atoms with van der Waals surface area (Å²) in [6, 6.07) is 13.7. The molecule has 0 aromatic heterocycles. The lowest BCUT2D eigenvalue weighted by atomic mass is 9.97. The second-order valence-corrected chi connectivity index (χ2v) is 6.03. The van der Waals surface area contributed by atoms with E-state index in [1.54, 1.807) is 24.1 Å². The maximum absolute atomic E-state index is 13.3. The second-order valence-electron chi connectivity index (χ2n) is 6.03. The number of nitrogens with one attached hydrogen (secondary N) is 1. The summed E-state index contributed by atoms with van der Waals surface area (Å²) in [6.07, 6.45) is 0.767. The number of carbonyl (C=O) groups excluding carboxylic acids is 1. The van der Waals surface area contributed by atoms with Gasteiger partial charge in [0.1, 0.15) is 11.6 Å². The topological polar surface area (TPSA) is 41.6 Å². The number of halogens is 1. The van der Waals surface area contributed by atoms with E-state index in [0.717, 1.165) is 29.8 Å². The van der Waals surface area contributed by atoms with Crippen molar-refractivity contribution in [2.45, 2.75) is 18.5 Å². The Morgan fingerprint density at radius 3 is 2.21 bits per heavy atom. The number of carbonyl (C=O) groups is 1. The van der Waals surface area contributed by atoms with Crippen LogP contribution in [0.2, 0.25) is 0 Å². The summed E-state index contributed by atoms with van der Waals surface area (Å²) in [5.74, 6) is 0.591. The van der Waals surface area contributed by atoms with E-state index in [1.807, 2.05) is 31.3 Å². The van der Waals surface area contributed by atoms with E-state index in [4.69, 9.17) is 4.74 Å². The molecule has 126 valence electrons. The van der Waals surface area contributed by atoms with Crippen LogP contribution in [0.1, 0.15) is 23.6 Å². The molecule has 0 bridgehead atoms. The van der Waals surface area contributed by atoms with Gasteiger partial charge in [-0.25, -0.2) is 4.39 Å². The van der Waals surface area contributed by atoms with Gasteiger partial charge in [0.2, 0.25) is 5.91 Å². The lowest BCUT2D eigenvalue weighted by molar-refractivity contribution is -0.128. The Morgan fingerprint density at radius 2 is 1.71 bits per heavy atom. The summed E-state index contributed by atoms with van der Waals surface area (Å²) in [7, 11) is 3.43. The number of methoxy groups -OCH3 is 1. The molecule has 1 aliphatic rings. The van der Waals surface area contributed by atoms with Crippen molar-refractivity contribution in [2.24, 2.45) is 0 Å². The highest BCUT2D eigenvalue weighted by molar-refractivity contribution is 5.83. The van der Waals surface area contributed by atoms with Crippen molar-refractivity contribution in [3.8, 4) is 5.75 Å². The third-order valence-electron chi connectivity index (χ3n) is 4.45. The van der Waals surface area contributed by atoms with E-state index in [9.17, 15) is 9.18 Å². The first-order valence-electron chi connectivity index (χ1n) is 7.99. The highest BCUT2D eigenvalue weighted by atomic mass is 19.1. The Bertz CT molecular complexity index is 700. The number of likely N-dealkylation sites (tertiary alicyclic amines) is 1. The fraction of sp³-hybridized carbons (Fsp3) is 0.316. The second kappa shape index (κ2) is 7.01. The maximum Gasteiger partial charge on any atom is 0.239 e. The molecule has 4 nitrogen and oxygen atoms in total. The molecule has 0 radical (unpaired) electrons. The van der Waals surface area contributed by atoms with Crippen molar-refractivity contribution in [1.29, 1.82) is 0 Å². The third kappa shape index (κ3) is 3.41. The molecule has 3 rings (SSSR count). The number of benzene rings is 2. The SMILES string of the molecule is COc1ccc(C(NC2CCN(C)C2=O)c2ccc(F)cc2)cc1. The molecule has 2 aromatic carbocycles. The third-order valence-corrected chi connectivity index (χ3v) is 4.45. The van der Waals surface area contributed by atoms with Gasteiger partial charge < -0.3 is 9.64 Å². The van der Waals surface area contributed by atoms with Crippen molar-refractivity contribution in [3.05, 3.63) is 65.5 Å². The Hall–Kier alpha value is -2.40. The van der Waals surface area contributed by atoms with Crippen molar-refractivity contribution in [2.75, 3.05) is 20.7 Å². The minimum absolute atomic E-state index is 0.0932. The fourth-order valence-electron chi connectivity index (χ4n) is 3.01. The van der Waals surface area contributed by atoms with E-state index >= 15 is 0 Å². The Labute approximate surface area is 141 Å².